The summed E-state index contributed by atoms with van der Waals surface area (Å²) >= 11 is 0. The van der Waals surface area contributed by atoms with E-state index < -0.39 is 0 Å². The molecule has 0 aliphatic heterocycles. The van der Waals surface area contributed by atoms with Gasteiger partial charge in [-0.1, -0.05) is 48.5 Å². The molecular formula is C30H28N2O3. The topological polar surface area (TPSA) is 43.7 Å². The zero-order valence-corrected chi connectivity index (χ0v) is 20.2. The Bertz CT molecular complexity index is 1500. The number of para-hydroxylation sites is 1. The molecule has 0 fully saturated rings. The Kier molecular flexibility index (Phi) is 6.15. The SMILES string of the molecule is COc1ccc(-c2ccc3c(c2)c2ccccc2n3CC(=O)N(C)Cc2cccc(OC)c2)cc1. The van der Waals surface area contributed by atoms with E-state index in [-0.39, 0.29) is 12.5 Å². The highest BCUT2D eigenvalue weighted by molar-refractivity contribution is 6.09. The van der Waals surface area contributed by atoms with Crippen LogP contribution in [0.4, 0.5) is 0 Å². The van der Waals surface area contributed by atoms with Gasteiger partial charge in [-0.05, 0) is 59.2 Å². The van der Waals surface area contributed by atoms with Gasteiger partial charge >= 0.3 is 0 Å². The first kappa shape index (κ1) is 22.5. The van der Waals surface area contributed by atoms with E-state index in [1.165, 1.54) is 0 Å². The van der Waals surface area contributed by atoms with Crippen LogP contribution in [0, 0.1) is 0 Å². The number of nitrogens with zero attached hydrogens (tertiary/aromatic N) is 2. The van der Waals surface area contributed by atoms with E-state index in [0.717, 1.165) is 50.0 Å². The summed E-state index contributed by atoms with van der Waals surface area (Å²) in [7, 11) is 5.17. The van der Waals surface area contributed by atoms with Crippen LogP contribution in [-0.2, 0) is 17.9 Å². The van der Waals surface area contributed by atoms with Gasteiger partial charge in [0.15, 0.2) is 0 Å². The Hall–Kier alpha value is -4.25. The third kappa shape index (κ3) is 4.45. The molecule has 0 bridgehead atoms. The van der Waals surface area contributed by atoms with Gasteiger partial charge in [-0.3, -0.25) is 4.79 Å². The Labute approximate surface area is 205 Å². The number of aromatic nitrogens is 1. The Morgan fingerprint density at radius 2 is 1.46 bits per heavy atom. The van der Waals surface area contributed by atoms with Crippen molar-refractivity contribution < 1.29 is 14.3 Å². The Morgan fingerprint density at radius 3 is 2.23 bits per heavy atom. The molecule has 0 radical (unpaired) electrons. The molecule has 35 heavy (non-hydrogen) atoms. The number of fused-ring (bicyclic) bond motifs is 3. The van der Waals surface area contributed by atoms with E-state index >= 15 is 0 Å². The smallest absolute Gasteiger partial charge is 0.242 e. The minimum atomic E-state index is 0.0507. The highest BCUT2D eigenvalue weighted by Crippen LogP contribution is 2.33. The van der Waals surface area contributed by atoms with Crippen LogP contribution in [0.25, 0.3) is 32.9 Å². The largest absolute Gasteiger partial charge is 0.497 e. The van der Waals surface area contributed by atoms with E-state index in [2.05, 4.69) is 47.0 Å². The highest BCUT2D eigenvalue weighted by atomic mass is 16.5. The summed E-state index contributed by atoms with van der Waals surface area (Å²) in [6.07, 6.45) is 0. The van der Waals surface area contributed by atoms with E-state index in [1.54, 1.807) is 19.1 Å². The van der Waals surface area contributed by atoms with Crippen LogP contribution < -0.4 is 9.47 Å². The first-order valence-electron chi connectivity index (χ1n) is 11.6. The molecule has 5 nitrogen and oxygen atoms in total. The molecule has 0 spiro atoms. The second-order valence-electron chi connectivity index (χ2n) is 8.67. The van der Waals surface area contributed by atoms with Crippen LogP contribution in [0.5, 0.6) is 11.5 Å². The van der Waals surface area contributed by atoms with Crippen LogP contribution in [0.2, 0.25) is 0 Å². The summed E-state index contributed by atoms with van der Waals surface area (Å²) in [6, 6.07) is 30.6. The molecule has 1 amide bonds. The maximum Gasteiger partial charge on any atom is 0.242 e. The van der Waals surface area contributed by atoms with Crippen molar-refractivity contribution in [1.82, 2.24) is 9.47 Å². The van der Waals surface area contributed by atoms with E-state index in [0.29, 0.717) is 6.54 Å². The fourth-order valence-electron chi connectivity index (χ4n) is 4.58. The van der Waals surface area contributed by atoms with Crippen molar-refractivity contribution in [1.29, 1.82) is 0 Å². The molecule has 1 aromatic heterocycles. The summed E-state index contributed by atoms with van der Waals surface area (Å²) in [6.45, 7) is 0.793. The number of carbonyl (C=O) groups is 1. The van der Waals surface area contributed by atoms with Crippen LogP contribution >= 0.6 is 0 Å². The number of hydrogen-bond donors (Lipinski definition) is 0. The average Bonchev–Trinajstić information content (AvgIpc) is 3.21. The summed E-state index contributed by atoms with van der Waals surface area (Å²) in [5, 5.41) is 2.28. The van der Waals surface area contributed by atoms with Crippen molar-refractivity contribution in [2.24, 2.45) is 0 Å². The predicted molar refractivity (Wildman–Crippen MR) is 141 cm³/mol. The van der Waals surface area contributed by atoms with Crippen molar-refractivity contribution >= 4 is 27.7 Å². The molecule has 0 aliphatic carbocycles. The summed E-state index contributed by atoms with van der Waals surface area (Å²) in [5.41, 5.74) is 5.39. The molecule has 0 saturated heterocycles. The number of methoxy groups -OCH3 is 2. The second-order valence-corrected chi connectivity index (χ2v) is 8.67. The standard InChI is InChI=1S/C30H28N2O3/c1-31(19-21-7-6-8-25(17-21)35-3)30(33)20-32-28-10-5-4-9-26(28)27-18-23(13-16-29(27)32)22-11-14-24(34-2)15-12-22/h4-18H,19-20H2,1-3H3. The zero-order chi connectivity index (χ0) is 24.4. The fourth-order valence-corrected chi connectivity index (χ4v) is 4.58. The molecule has 4 aromatic carbocycles. The minimum Gasteiger partial charge on any atom is -0.497 e. The number of hydrogen-bond acceptors (Lipinski definition) is 3. The lowest BCUT2D eigenvalue weighted by molar-refractivity contribution is -0.130. The highest BCUT2D eigenvalue weighted by Gasteiger charge is 2.16. The van der Waals surface area contributed by atoms with Gasteiger partial charge in [0, 0.05) is 35.4 Å². The molecule has 5 aromatic rings. The number of rotatable bonds is 7. The molecular weight excluding hydrogens is 436 g/mol. The van der Waals surface area contributed by atoms with Gasteiger partial charge in [0.05, 0.1) is 14.2 Å². The van der Waals surface area contributed by atoms with Crippen LogP contribution in [0.1, 0.15) is 5.56 Å². The fraction of sp³-hybridized carbons (Fsp3) is 0.167. The summed E-state index contributed by atoms with van der Waals surface area (Å²) in [5.74, 6) is 1.68. The maximum atomic E-state index is 13.3. The minimum absolute atomic E-state index is 0.0507. The van der Waals surface area contributed by atoms with Gasteiger partial charge in [-0.15, -0.1) is 0 Å². The molecule has 176 valence electrons. The van der Waals surface area contributed by atoms with Crippen molar-refractivity contribution in [3.8, 4) is 22.6 Å². The summed E-state index contributed by atoms with van der Waals surface area (Å²) < 4.78 is 12.7. The van der Waals surface area contributed by atoms with Crippen LogP contribution in [0.3, 0.4) is 0 Å². The third-order valence-electron chi connectivity index (χ3n) is 6.47. The third-order valence-corrected chi connectivity index (χ3v) is 6.47. The number of amides is 1. The van der Waals surface area contributed by atoms with Gasteiger partial charge in [0.1, 0.15) is 18.0 Å². The Morgan fingerprint density at radius 1 is 0.743 bits per heavy atom. The van der Waals surface area contributed by atoms with Gasteiger partial charge in [-0.25, -0.2) is 0 Å². The first-order valence-corrected chi connectivity index (χ1v) is 11.6. The van der Waals surface area contributed by atoms with Crippen molar-refractivity contribution in [3.63, 3.8) is 0 Å². The summed E-state index contributed by atoms with van der Waals surface area (Å²) in [4.78, 5) is 15.0. The molecule has 0 N–H and O–H groups in total. The van der Waals surface area contributed by atoms with Crippen LogP contribution in [0.15, 0.2) is 91.0 Å². The lowest BCUT2D eigenvalue weighted by Crippen LogP contribution is -2.29. The molecule has 1 heterocycles. The molecule has 5 rings (SSSR count). The number of benzene rings is 4. The first-order chi connectivity index (χ1) is 17.1. The number of carbonyl (C=O) groups excluding carboxylic acids is 1. The van der Waals surface area contributed by atoms with Crippen molar-refractivity contribution in [2.75, 3.05) is 21.3 Å². The number of likely N-dealkylation sites (N-methyl/N-ethyl adjacent to an activating group) is 1. The van der Waals surface area contributed by atoms with Gasteiger partial charge in [0.25, 0.3) is 0 Å². The van der Waals surface area contributed by atoms with Crippen molar-refractivity contribution in [3.05, 3.63) is 96.6 Å². The van der Waals surface area contributed by atoms with E-state index in [4.69, 9.17) is 9.47 Å². The second kappa shape index (κ2) is 9.55. The molecule has 5 heteroatoms. The van der Waals surface area contributed by atoms with Gasteiger partial charge < -0.3 is 18.9 Å². The van der Waals surface area contributed by atoms with E-state index in [1.807, 2.05) is 55.6 Å². The lowest BCUT2D eigenvalue weighted by Gasteiger charge is -2.19. The maximum absolute atomic E-state index is 13.3. The van der Waals surface area contributed by atoms with Gasteiger partial charge in [-0.2, -0.15) is 0 Å². The average molecular weight is 465 g/mol. The van der Waals surface area contributed by atoms with E-state index in [9.17, 15) is 4.79 Å². The van der Waals surface area contributed by atoms with Gasteiger partial charge in [0.2, 0.25) is 5.91 Å². The lowest BCUT2D eigenvalue weighted by atomic mass is 10.0. The monoisotopic (exact) mass is 464 g/mol. The molecule has 0 unspecified atom stereocenters. The van der Waals surface area contributed by atoms with Crippen molar-refractivity contribution in [2.45, 2.75) is 13.1 Å². The zero-order valence-electron chi connectivity index (χ0n) is 20.2. The molecule has 0 aliphatic rings. The normalized spacial score (nSPS) is 11.1. The quantitative estimate of drug-likeness (QED) is 0.291. The Balaban J connectivity index is 1.47. The molecule has 0 atom stereocenters. The predicted octanol–water partition coefficient (Wildman–Crippen LogP) is 6.14. The number of ether oxygens (including phenoxy) is 2. The molecule has 0 saturated carbocycles. The van der Waals surface area contributed by atoms with Crippen LogP contribution in [-0.4, -0.2) is 36.6 Å².